The van der Waals surface area contributed by atoms with Gasteiger partial charge in [0.25, 0.3) is 5.91 Å². The Hall–Kier alpha value is -4.00. The maximum Gasteiger partial charge on any atom is 0.270 e. The van der Waals surface area contributed by atoms with Crippen molar-refractivity contribution in [1.82, 2.24) is 19.2 Å². The van der Waals surface area contributed by atoms with Crippen molar-refractivity contribution in [2.75, 3.05) is 19.7 Å². The molecule has 2 aromatic heterocycles. The molecule has 2 aromatic carbocycles. The van der Waals surface area contributed by atoms with Gasteiger partial charge in [0.1, 0.15) is 11.5 Å². The van der Waals surface area contributed by atoms with Gasteiger partial charge < -0.3 is 20.3 Å². The number of aryl methyl sites for hydroxylation is 1. The van der Waals surface area contributed by atoms with Crippen molar-refractivity contribution in [1.29, 1.82) is 0 Å². The van der Waals surface area contributed by atoms with E-state index < -0.39 is 5.82 Å². The monoisotopic (exact) mass is 486 g/mol. The fourth-order valence-electron chi connectivity index (χ4n) is 5.01. The number of piperidine rings is 1. The molecule has 1 saturated heterocycles. The zero-order valence-corrected chi connectivity index (χ0v) is 20.0. The Balaban J connectivity index is 1.73. The van der Waals surface area contributed by atoms with Gasteiger partial charge in [-0.15, -0.1) is 0 Å². The Bertz CT molecular complexity index is 1500. The average Bonchev–Trinajstić information content (AvgIpc) is 3.43. The van der Waals surface area contributed by atoms with Gasteiger partial charge in [-0.25, -0.2) is 9.24 Å². The highest BCUT2D eigenvalue weighted by molar-refractivity contribution is 5.99. The second-order valence-corrected chi connectivity index (χ2v) is 9.17. The Morgan fingerprint density at radius 3 is 2.78 bits per heavy atom. The maximum absolute atomic E-state index is 14.7. The first kappa shape index (κ1) is 23.7. The van der Waals surface area contributed by atoms with Crippen molar-refractivity contribution in [3.05, 3.63) is 71.6 Å². The molecule has 1 aliphatic rings. The molecule has 184 valence electrons. The van der Waals surface area contributed by atoms with Crippen LogP contribution in [0.25, 0.3) is 38.1 Å². The molecule has 0 saturated carbocycles. The van der Waals surface area contributed by atoms with Crippen LogP contribution >= 0.6 is 0 Å². The number of fused-ring (bicyclic) bond motifs is 1. The normalized spacial score (nSPS) is 15.9. The number of benzene rings is 2. The minimum absolute atomic E-state index is 0.0644. The fourth-order valence-corrected chi connectivity index (χ4v) is 5.01. The quantitative estimate of drug-likeness (QED) is 0.418. The summed E-state index contributed by atoms with van der Waals surface area (Å²) in [5.74, 6) is -0.798. The SMILES string of the molecule is [C-]#[N+]c1ccc(-c2cc(C(=O)N3CCC[C@@H](N)C3)n(CCO)c2-c2ccc3nn(C)cc3c2)cc1F. The summed E-state index contributed by atoms with van der Waals surface area (Å²) >= 11 is 0. The smallest absolute Gasteiger partial charge is 0.270 e. The number of nitrogens with two attached hydrogens (primary N) is 1. The number of hydrogen-bond donors (Lipinski definition) is 2. The first-order chi connectivity index (χ1) is 17.4. The van der Waals surface area contributed by atoms with Crippen LogP contribution in [0.4, 0.5) is 10.1 Å². The second-order valence-electron chi connectivity index (χ2n) is 9.17. The van der Waals surface area contributed by atoms with Gasteiger partial charge in [-0.2, -0.15) is 5.10 Å². The highest BCUT2D eigenvalue weighted by Crippen LogP contribution is 2.38. The molecule has 0 unspecified atom stereocenters. The van der Waals surface area contributed by atoms with Gasteiger partial charge in [0.15, 0.2) is 0 Å². The third-order valence-electron chi connectivity index (χ3n) is 6.66. The average molecular weight is 487 g/mol. The molecule has 3 heterocycles. The lowest BCUT2D eigenvalue weighted by Crippen LogP contribution is -2.46. The van der Waals surface area contributed by atoms with Crippen LogP contribution in [-0.4, -0.2) is 56.0 Å². The third-order valence-corrected chi connectivity index (χ3v) is 6.66. The van der Waals surface area contributed by atoms with Crippen LogP contribution in [0.1, 0.15) is 23.3 Å². The summed E-state index contributed by atoms with van der Waals surface area (Å²) in [7, 11) is 1.85. The minimum atomic E-state index is -0.624. The largest absolute Gasteiger partial charge is 0.395 e. The van der Waals surface area contributed by atoms with E-state index in [1.54, 1.807) is 26.3 Å². The van der Waals surface area contributed by atoms with Crippen molar-refractivity contribution in [3.63, 3.8) is 0 Å². The van der Waals surface area contributed by atoms with Crippen molar-refractivity contribution in [3.8, 4) is 22.4 Å². The van der Waals surface area contributed by atoms with Crippen LogP contribution < -0.4 is 5.73 Å². The minimum Gasteiger partial charge on any atom is -0.395 e. The van der Waals surface area contributed by atoms with Crippen molar-refractivity contribution >= 4 is 22.5 Å². The van der Waals surface area contributed by atoms with E-state index in [1.807, 2.05) is 31.4 Å². The zero-order chi connectivity index (χ0) is 25.4. The Labute approximate surface area is 208 Å². The maximum atomic E-state index is 14.7. The van der Waals surface area contributed by atoms with E-state index in [4.69, 9.17) is 12.3 Å². The summed E-state index contributed by atoms with van der Waals surface area (Å²) in [5, 5.41) is 15.3. The number of hydrogen-bond acceptors (Lipinski definition) is 4. The number of likely N-dealkylation sites (tertiary alicyclic amines) is 1. The van der Waals surface area contributed by atoms with E-state index in [1.165, 1.54) is 12.1 Å². The number of aliphatic hydroxyl groups excluding tert-OH is 1. The standard InChI is InChI=1S/C27H27FN6O2/c1-30-24-8-5-17(13-22(24)28)21-14-25(27(36)33-9-3-4-20(29)16-33)34(10-11-35)26(21)18-6-7-23-19(12-18)15-32(2)31-23/h5-8,12-15,20,35H,3-4,9-11,16,29H2,2H3/t20-/m1/s1. The highest BCUT2D eigenvalue weighted by Gasteiger charge is 2.28. The number of carbonyl (C=O) groups excluding carboxylic acids is 1. The molecule has 1 aliphatic heterocycles. The second kappa shape index (κ2) is 9.57. The summed E-state index contributed by atoms with van der Waals surface area (Å²) in [6.07, 6.45) is 3.60. The first-order valence-corrected chi connectivity index (χ1v) is 11.9. The van der Waals surface area contributed by atoms with Crippen LogP contribution in [0.3, 0.4) is 0 Å². The molecule has 1 atom stereocenters. The van der Waals surface area contributed by atoms with Crippen LogP contribution in [0.2, 0.25) is 0 Å². The molecule has 1 amide bonds. The molecular weight excluding hydrogens is 459 g/mol. The van der Waals surface area contributed by atoms with Crippen molar-refractivity contribution in [2.24, 2.45) is 12.8 Å². The van der Waals surface area contributed by atoms with E-state index in [-0.39, 0.29) is 30.8 Å². The first-order valence-electron chi connectivity index (χ1n) is 11.9. The van der Waals surface area contributed by atoms with E-state index in [2.05, 4.69) is 9.94 Å². The van der Waals surface area contributed by atoms with Gasteiger partial charge in [-0.1, -0.05) is 18.2 Å². The molecule has 36 heavy (non-hydrogen) atoms. The molecule has 5 rings (SSSR count). The number of carbonyl (C=O) groups is 1. The lowest BCUT2D eigenvalue weighted by Gasteiger charge is -2.31. The molecule has 1 fully saturated rings. The number of halogens is 1. The fraction of sp³-hybridized carbons (Fsp3) is 0.296. The predicted molar refractivity (Wildman–Crippen MR) is 136 cm³/mol. The Kier molecular flexibility index (Phi) is 6.31. The van der Waals surface area contributed by atoms with E-state index in [0.29, 0.717) is 35.6 Å². The van der Waals surface area contributed by atoms with Crippen molar-refractivity contribution < 1.29 is 14.3 Å². The number of amides is 1. The third kappa shape index (κ3) is 4.26. The predicted octanol–water partition coefficient (Wildman–Crippen LogP) is 3.95. The molecule has 0 radical (unpaired) electrons. The number of aliphatic hydroxyl groups is 1. The van der Waals surface area contributed by atoms with E-state index >= 15 is 0 Å². The highest BCUT2D eigenvalue weighted by atomic mass is 19.1. The molecule has 3 N–H and O–H groups in total. The van der Waals surface area contributed by atoms with Crippen LogP contribution in [-0.2, 0) is 13.6 Å². The summed E-state index contributed by atoms with van der Waals surface area (Å²) in [5.41, 5.74) is 10.00. The van der Waals surface area contributed by atoms with Gasteiger partial charge in [-0.3, -0.25) is 9.48 Å². The molecule has 8 nitrogen and oxygen atoms in total. The topological polar surface area (TPSA) is 93.7 Å². The lowest BCUT2D eigenvalue weighted by atomic mass is 10.00. The van der Waals surface area contributed by atoms with Gasteiger partial charge >= 0.3 is 0 Å². The Morgan fingerprint density at radius 1 is 1.25 bits per heavy atom. The summed E-state index contributed by atoms with van der Waals surface area (Å²) < 4.78 is 18.2. The molecule has 0 bridgehead atoms. The summed E-state index contributed by atoms with van der Waals surface area (Å²) in [6, 6.07) is 11.9. The van der Waals surface area contributed by atoms with Crippen LogP contribution in [0.5, 0.6) is 0 Å². The number of aromatic nitrogens is 3. The van der Waals surface area contributed by atoms with E-state index in [0.717, 1.165) is 29.3 Å². The molecule has 9 heteroatoms. The molecular formula is C27H27FN6O2. The van der Waals surface area contributed by atoms with Gasteiger partial charge in [-0.05, 0) is 48.2 Å². The van der Waals surface area contributed by atoms with Gasteiger partial charge in [0, 0.05) is 49.9 Å². The summed E-state index contributed by atoms with van der Waals surface area (Å²) in [4.78, 5) is 18.7. The molecule has 0 spiro atoms. The molecule has 0 aliphatic carbocycles. The number of nitrogens with zero attached hydrogens (tertiary/aromatic N) is 5. The van der Waals surface area contributed by atoms with E-state index in [9.17, 15) is 14.3 Å². The molecule has 4 aromatic rings. The van der Waals surface area contributed by atoms with Crippen molar-refractivity contribution in [2.45, 2.75) is 25.4 Å². The van der Waals surface area contributed by atoms with Crippen LogP contribution in [0, 0.1) is 12.4 Å². The lowest BCUT2D eigenvalue weighted by molar-refractivity contribution is 0.0697. The number of rotatable bonds is 5. The summed E-state index contributed by atoms with van der Waals surface area (Å²) in [6.45, 7) is 8.25. The zero-order valence-electron chi connectivity index (χ0n) is 20.0. The Morgan fingerprint density at radius 2 is 2.06 bits per heavy atom. The van der Waals surface area contributed by atoms with Gasteiger partial charge in [0.2, 0.25) is 5.69 Å². The van der Waals surface area contributed by atoms with Crippen LogP contribution in [0.15, 0.2) is 48.7 Å². The van der Waals surface area contributed by atoms with Gasteiger partial charge in [0.05, 0.1) is 24.4 Å².